The fourth-order valence-electron chi connectivity index (χ4n) is 1.56. The minimum Gasteiger partial charge on any atom is -0.435 e. The van der Waals surface area contributed by atoms with Gasteiger partial charge in [0.05, 0.1) is 0 Å². The van der Waals surface area contributed by atoms with Crippen molar-refractivity contribution in [2.24, 2.45) is 0 Å². The van der Waals surface area contributed by atoms with Crippen molar-refractivity contribution in [1.82, 2.24) is 0 Å². The summed E-state index contributed by atoms with van der Waals surface area (Å²) in [5.74, 6) is -2.74. The molecule has 0 radical (unpaired) electrons. The number of ether oxygens (including phenoxy) is 1. The quantitative estimate of drug-likeness (QED) is 0.746. The highest BCUT2D eigenvalue weighted by molar-refractivity contribution is 5.65. The first-order valence-electron chi connectivity index (χ1n) is 5.07. The summed E-state index contributed by atoms with van der Waals surface area (Å²) in [5, 5.41) is 0. The molecule has 1 nitrogen and oxygen atoms in total. The van der Waals surface area contributed by atoms with E-state index in [2.05, 4.69) is 4.74 Å². The van der Waals surface area contributed by atoms with Crippen LogP contribution in [0.4, 0.5) is 17.6 Å². The van der Waals surface area contributed by atoms with Crippen molar-refractivity contribution < 1.29 is 22.3 Å². The molecule has 2 aromatic rings. The number of rotatable bonds is 3. The molecule has 0 saturated heterocycles. The SMILES string of the molecule is Fc1cc(OC(F)F)cc(-c2ccccc2)c1F. The maximum atomic E-state index is 13.6. The van der Waals surface area contributed by atoms with Crippen LogP contribution < -0.4 is 4.74 Å². The molecule has 0 bridgehead atoms. The molecule has 0 aromatic heterocycles. The Morgan fingerprint density at radius 3 is 2.22 bits per heavy atom. The molecule has 0 aliphatic heterocycles. The fourth-order valence-corrected chi connectivity index (χ4v) is 1.56. The van der Waals surface area contributed by atoms with Gasteiger partial charge < -0.3 is 4.74 Å². The van der Waals surface area contributed by atoms with Crippen LogP contribution >= 0.6 is 0 Å². The summed E-state index contributed by atoms with van der Waals surface area (Å²) in [4.78, 5) is 0. The Morgan fingerprint density at radius 2 is 1.61 bits per heavy atom. The predicted molar refractivity (Wildman–Crippen MR) is 58.4 cm³/mol. The summed E-state index contributed by atoms with van der Waals surface area (Å²) in [6.07, 6.45) is 0. The number of benzene rings is 2. The van der Waals surface area contributed by atoms with Crippen molar-refractivity contribution in [3.8, 4) is 16.9 Å². The third kappa shape index (κ3) is 2.61. The van der Waals surface area contributed by atoms with E-state index in [9.17, 15) is 17.6 Å². The number of alkyl halides is 2. The zero-order valence-electron chi connectivity index (χ0n) is 9.04. The van der Waals surface area contributed by atoms with Crippen molar-refractivity contribution in [3.05, 3.63) is 54.1 Å². The van der Waals surface area contributed by atoms with Gasteiger partial charge in [0.1, 0.15) is 5.75 Å². The van der Waals surface area contributed by atoms with Gasteiger partial charge in [-0.25, -0.2) is 8.78 Å². The van der Waals surface area contributed by atoms with Crippen LogP contribution in [0.2, 0.25) is 0 Å². The molecule has 0 spiro atoms. The van der Waals surface area contributed by atoms with Crippen LogP contribution in [0.3, 0.4) is 0 Å². The molecule has 0 fully saturated rings. The normalized spacial score (nSPS) is 10.7. The van der Waals surface area contributed by atoms with E-state index in [1.165, 1.54) is 0 Å². The van der Waals surface area contributed by atoms with Gasteiger partial charge in [-0.1, -0.05) is 30.3 Å². The van der Waals surface area contributed by atoms with Crippen LogP contribution in [0.15, 0.2) is 42.5 Å². The van der Waals surface area contributed by atoms with Crippen LogP contribution in [0.5, 0.6) is 5.75 Å². The second-order valence-corrected chi connectivity index (χ2v) is 3.51. The van der Waals surface area contributed by atoms with Crippen LogP contribution in [0.25, 0.3) is 11.1 Å². The number of halogens is 4. The molecule has 18 heavy (non-hydrogen) atoms. The van der Waals surface area contributed by atoms with E-state index in [0.717, 1.165) is 6.07 Å². The second kappa shape index (κ2) is 5.08. The van der Waals surface area contributed by atoms with E-state index in [0.29, 0.717) is 11.6 Å². The van der Waals surface area contributed by atoms with E-state index in [1.807, 2.05) is 0 Å². The van der Waals surface area contributed by atoms with Gasteiger partial charge >= 0.3 is 6.61 Å². The Morgan fingerprint density at radius 1 is 0.944 bits per heavy atom. The van der Waals surface area contributed by atoms with Crippen molar-refractivity contribution >= 4 is 0 Å². The third-order valence-electron chi connectivity index (χ3n) is 2.31. The molecule has 0 heterocycles. The van der Waals surface area contributed by atoms with Crippen LogP contribution in [-0.4, -0.2) is 6.61 Å². The maximum Gasteiger partial charge on any atom is 0.387 e. The van der Waals surface area contributed by atoms with Gasteiger partial charge in [0, 0.05) is 11.6 Å². The minimum atomic E-state index is -3.08. The molecule has 0 amide bonds. The lowest BCUT2D eigenvalue weighted by atomic mass is 10.0. The van der Waals surface area contributed by atoms with Gasteiger partial charge in [0.25, 0.3) is 0 Å². The van der Waals surface area contributed by atoms with Gasteiger partial charge in [-0.2, -0.15) is 8.78 Å². The topological polar surface area (TPSA) is 9.23 Å². The Labute approximate surface area is 101 Å². The monoisotopic (exact) mass is 256 g/mol. The summed E-state index contributed by atoms with van der Waals surface area (Å²) >= 11 is 0. The van der Waals surface area contributed by atoms with Crippen molar-refractivity contribution in [1.29, 1.82) is 0 Å². The summed E-state index contributed by atoms with van der Waals surface area (Å²) in [6.45, 7) is -3.08. The second-order valence-electron chi connectivity index (χ2n) is 3.51. The Bertz CT molecular complexity index is 540. The highest BCUT2D eigenvalue weighted by Crippen LogP contribution is 2.29. The van der Waals surface area contributed by atoms with Crippen LogP contribution in [-0.2, 0) is 0 Å². The molecule has 94 valence electrons. The smallest absolute Gasteiger partial charge is 0.387 e. The lowest BCUT2D eigenvalue weighted by Gasteiger charge is -2.09. The highest BCUT2D eigenvalue weighted by atomic mass is 19.3. The average Bonchev–Trinajstić information content (AvgIpc) is 2.34. The molecular weight excluding hydrogens is 248 g/mol. The van der Waals surface area contributed by atoms with Crippen molar-refractivity contribution in [3.63, 3.8) is 0 Å². The maximum absolute atomic E-state index is 13.6. The Balaban J connectivity index is 2.49. The van der Waals surface area contributed by atoms with E-state index in [1.54, 1.807) is 30.3 Å². The number of hydrogen-bond donors (Lipinski definition) is 0. The standard InChI is InChI=1S/C13H8F4O/c14-11-7-9(18-13(16)17)6-10(12(11)15)8-4-2-1-3-5-8/h1-7,13H. The first-order chi connectivity index (χ1) is 8.58. The molecule has 2 rings (SSSR count). The van der Waals surface area contributed by atoms with Crippen molar-refractivity contribution in [2.75, 3.05) is 0 Å². The predicted octanol–water partition coefficient (Wildman–Crippen LogP) is 4.23. The van der Waals surface area contributed by atoms with Crippen LogP contribution in [0.1, 0.15) is 0 Å². The highest BCUT2D eigenvalue weighted by Gasteiger charge is 2.15. The molecular formula is C13H8F4O. The van der Waals surface area contributed by atoms with E-state index in [4.69, 9.17) is 0 Å². The lowest BCUT2D eigenvalue weighted by Crippen LogP contribution is -2.03. The fraction of sp³-hybridized carbons (Fsp3) is 0.0769. The summed E-state index contributed by atoms with van der Waals surface area (Å²) in [6, 6.07) is 9.69. The molecule has 0 N–H and O–H groups in total. The first-order valence-corrected chi connectivity index (χ1v) is 5.07. The molecule has 0 aliphatic carbocycles. The zero-order chi connectivity index (χ0) is 13.1. The summed E-state index contributed by atoms with van der Waals surface area (Å²) in [5.41, 5.74) is 0.264. The van der Waals surface area contributed by atoms with E-state index >= 15 is 0 Å². The van der Waals surface area contributed by atoms with E-state index in [-0.39, 0.29) is 5.56 Å². The Kier molecular flexibility index (Phi) is 3.50. The van der Waals surface area contributed by atoms with Gasteiger partial charge in [-0.15, -0.1) is 0 Å². The van der Waals surface area contributed by atoms with Gasteiger partial charge in [0.2, 0.25) is 0 Å². The summed E-state index contributed by atoms with van der Waals surface area (Å²) < 4.78 is 55.0. The molecule has 0 atom stereocenters. The number of hydrogen-bond acceptors (Lipinski definition) is 1. The molecule has 5 heteroatoms. The zero-order valence-corrected chi connectivity index (χ0v) is 9.04. The Hall–Kier alpha value is -2.04. The molecule has 2 aromatic carbocycles. The van der Waals surface area contributed by atoms with E-state index < -0.39 is 24.0 Å². The third-order valence-corrected chi connectivity index (χ3v) is 2.31. The molecule has 0 unspecified atom stereocenters. The van der Waals surface area contributed by atoms with Crippen LogP contribution in [0, 0.1) is 11.6 Å². The molecule has 0 aliphatic rings. The lowest BCUT2D eigenvalue weighted by molar-refractivity contribution is -0.0500. The first kappa shape index (κ1) is 12.4. The average molecular weight is 256 g/mol. The van der Waals surface area contributed by atoms with Crippen molar-refractivity contribution in [2.45, 2.75) is 6.61 Å². The van der Waals surface area contributed by atoms with Gasteiger partial charge in [-0.05, 0) is 11.6 Å². The minimum absolute atomic E-state index is 0.119. The largest absolute Gasteiger partial charge is 0.435 e. The summed E-state index contributed by atoms with van der Waals surface area (Å²) in [7, 11) is 0. The van der Waals surface area contributed by atoms with Gasteiger partial charge in [0.15, 0.2) is 11.6 Å². The van der Waals surface area contributed by atoms with Gasteiger partial charge in [-0.3, -0.25) is 0 Å². The molecule has 0 saturated carbocycles.